The summed E-state index contributed by atoms with van der Waals surface area (Å²) < 4.78 is 22.3. The van der Waals surface area contributed by atoms with Crippen molar-refractivity contribution in [2.75, 3.05) is 13.6 Å². The number of hydrogen-bond acceptors (Lipinski definition) is 3. The number of unbranched alkanes of at least 4 members (excludes halogenated alkanes) is 2. The summed E-state index contributed by atoms with van der Waals surface area (Å²) in [5, 5.41) is 11.5. The second-order valence-corrected chi connectivity index (χ2v) is 6.31. The van der Waals surface area contributed by atoms with Crippen molar-refractivity contribution in [1.29, 1.82) is 0 Å². The Morgan fingerprint density at radius 2 is 1.82 bits per heavy atom. The number of primary sulfonamides is 1. The van der Waals surface area contributed by atoms with Crippen LogP contribution in [0.25, 0.3) is 0 Å². The first-order valence-corrected chi connectivity index (χ1v) is 8.58. The van der Waals surface area contributed by atoms with Crippen LogP contribution >= 0.6 is 24.0 Å². The summed E-state index contributed by atoms with van der Waals surface area (Å²) >= 11 is 0. The number of sulfonamides is 1. The maximum absolute atomic E-state index is 11.2. The molecule has 0 spiro atoms. The molecule has 4 N–H and O–H groups in total. The van der Waals surface area contributed by atoms with Crippen LogP contribution in [0.2, 0.25) is 0 Å². The SMILES string of the molecule is CCCCCNC(=NC)NCc1ccc(S(N)(=O)=O)cc1.I. The van der Waals surface area contributed by atoms with Crippen molar-refractivity contribution in [2.24, 2.45) is 10.1 Å². The molecule has 0 unspecified atom stereocenters. The summed E-state index contributed by atoms with van der Waals surface area (Å²) in [7, 11) is -1.91. The normalized spacial score (nSPS) is 11.7. The Morgan fingerprint density at radius 1 is 1.18 bits per heavy atom. The lowest BCUT2D eigenvalue weighted by Gasteiger charge is -2.12. The number of hydrogen-bond donors (Lipinski definition) is 3. The van der Waals surface area contributed by atoms with E-state index < -0.39 is 10.0 Å². The van der Waals surface area contributed by atoms with Gasteiger partial charge in [-0.25, -0.2) is 13.6 Å². The third-order valence-corrected chi connectivity index (χ3v) is 3.94. The first-order valence-electron chi connectivity index (χ1n) is 7.03. The fourth-order valence-corrected chi connectivity index (χ4v) is 2.30. The summed E-state index contributed by atoms with van der Waals surface area (Å²) in [4.78, 5) is 4.25. The maximum atomic E-state index is 11.2. The van der Waals surface area contributed by atoms with Gasteiger partial charge in [0.1, 0.15) is 0 Å². The fraction of sp³-hybridized carbons (Fsp3) is 0.500. The molecule has 0 aliphatic rings. The Kier molecular flexibility index (Phi) is 10.4. The zero-order chi connectivity index (χ0) is 15.7. The van der Waals surface area contributed by atoms with Gasteiger partial charge in [0.25, 0.3) is 0 Å². The van der Waals surface area contributed by atoms with Crippen LogP contribution in [-0.2, 0) is 16.6 Å². The molecule has 0 aliphatic heterocycles. The molecule has 0 bridgehead atoms. The Hall–Kier alpha value is -0.870. The molecule has 0 fully saturated rings. The number of nitrogens with zero attached hydrogens (tertiary/aromatic N) is 1. The molecule has 0 aromatic heterocycles. The van der Waals surface area contributed by atoms with Gasteiger partial charge in [0.05, 0.1) is 4.90 Å². The average Bonchev–Trinajstić information content (AvgIpc) is 2.46. The Labute approximate surface area is 150 Å². The highest BCUT2D eigenvalue weighted by molar-refractivity contribution is 14.0. The number of benzene rings is 1. The first kappa shape index (κ1) is 21.1. The largest absolute Gasteiger partial charge is 0.356 e. The average molecular weight is 440 g/mol. The van der Waals surface area contributed by atoms with Gasteiger partial charge in [-0.05, 0) is 24.1 Å². The van der Waals surface area contributed by atoms with E-state index in [1.54, 1.807) is 19.2 Å². The van der Waals surface area contributed by atoms with Crippen molar-refractivity contribution < 1.29 is 8.42 Å². The van der Waals surface area contributed by atoms with Gasteiger partial charge in [-0.2, -0.15) is 0 Å². The molecule has 126 valence electrons. The van der Waals surface area contributed by atoms with E-state index >= 15 is 0 Å². The molecule has 1 aromatic rings. The molecule has 0 saturated carbocycles. The third kappa shape index (κ3) is 7.95. The minimum atomic E-state index is -3.63. The molecule has 0 amide bonds. The molecule has 6 nitrogen and oxygen atoms in total. The summed E-state index contributed by atoms with van der Waals surface area (Å²) in [6.45, 7) is 3.62. The summed E-state index contributed by atoms with van der Waals surface area (Å²) in [5.74, 6) is 0.738. The van der Waals surface area contributed by atoms with Crippen molar-refractivity contribution in [2.45, 2.75) is 37.6 Å². The van der Waals surface area contributed by atoms with Gasteiger partial charge in [-0.15, -0.1) is 24.0 Å². The Bertz CT molecular complexity index is 559. The number of nitrogens with two attached hydrogens (primary N) is 1. The summed E-state index contributed by atoms with van der Waals surface area (Å²) in [6.07, 6.45) is 3.49. The predicted octanol–water partition coefficient (Wildman–Crippen LogP) is 1.81. The highest BCUT2D eigenvalue weighted by Gasteiger charge is 2.06. The van der Waals surface area contributed by atoms with Crippen LogP contribution in [0.15, 0.2) is 34.2 Å². The fourth-order valence-electron chi connectivity index (χ4n) is 1.79. The van der Waals surface area contributed by atoms with Gasteiger partial charge in [0.15, 0.2) is 5.96 Å². The Morgan fingerprint density at radius 3 is 2.32 bits per heavy atom. The molecule has 1 aromatic carbocycles. The van der Waals surface area contributed by atoms with Gasteiger partial charge in [0.2, 0.25) is 10.0 Å². The van der Waals surface area contributed by atoms with Crippen molar-refractivity contribution >= 4 is 40.0 Å². The highest BCUT2D eigenvalue weighted by atomic mass is 127. The molecule has 0 saturated heterocycles. The van der Waals surface area contributed by atoms with Gasteiger partial charge in [-0.1, -0.05) is 31.9 Å². The number of guanidine groups is 1. The summed E-state index contributed by atoms with van der Waals surface area (Å²) in [5.41, 5.74) is 0.957. The topological polar surface area (TPSA) is 96.6 Å². The van der Waals surface area contributed by atoms with E-state index in [4.69, 9.17) is 5.14 Å². The number of nitrogens with one attached hydrogen (secondary N) is 2. The zero-order valence-electron chi connectivity index (χ0n) is 13.0. The van der Waals surface area contributed by atoms with Crippen LogP contribution in [0.5, 0.6) is 0 Å². The van der Waals surface area contributed by atoms with Crippen molar-refractivity contribution in [3.63, 3.8) is 0 Å². The lowest BCUT2D eigenvalue weighted by molar-refractivity contribution is 0.597. The number of halogens is 1. The third-order valence-electron chi connectivity index (χ3n) is 3.01. The second-order valence-electron chi connectivity index (χ2n) is 4.75. The van der Waals surface area contributed by atoms with E-state index in [1.807, 2.05) is 0 Å². The maximum Gasteiger partial charge on any atom is 0.238 e. The Balaban J connectivity index is 0.00000441. The minimum absolute atomic E-state index is 0. The monoisotopic (exact) mass is 440 g/mol. The predicted molar refractivity (Wildman–Crippen MR) is 101 cm³/mol. The van der Waals surface area contributed by atoms with Crippen LogP contribution in [0.4, 0.5) is 0 Å². The lowest BCUT2D eigenvalue weighted by Crippen LogP contribution is -2.37. The highest BCUT2D eigenvalue weighted by Crippen LogP contribution is 2.08. The molecule has 0 aliphatic carbocycles. The lowest BCUT2D eigenvalue weighted by atomic mass is 10.2. The van der Waals surface area contributed by atoms with Crippen molar-refractivity contribution in [1.82, 2.24) is 10.6 Å². The van der Waals surface area contributed by atoms with Crippen LogP contribution in [0.3, 0.4) is 0 Å². The van der Waals surface area contributed by atoms with Crippen LogP contribution in [-0.4, -0.2) is 28.0 Å². The number of aliphatic imine (C=N–C) groups is 1. The smallest absolute Gasteiger partial charge is 0.238 e. The van der Waals surface area contributed by atoms with Crippen molar-refractivity contribution in [3.8, 4) is 0 Å². The first-order chi connectivity index (χ1) is 9.97. The molecule has 1 rings (SSSR count). The summed E-state index contributed by atoms with van der Waals surface area (Å²) in [6, 6.07) is 6.47. The van der Waals surface area contributed by atoms with E-state index in [1.165, 1.54) is 25.0 Å². The van der Waals surface area contributed by atoms with E-state index in [0.717, 1.165) is 24.5 Å². The van der Waals surface area contributed by atoms with Crippen LogP contribution in [0.1, 0.15) is 31.7 Å². The molecule has 0 radical (unpaired) electrons. The molecule has 0 atom stereocenters. The molecule has 22 heavy (non-hydrogen) atoms. The van der Waals surface area contributed by atoms with Gasteiger partial charge in [-0.3, -0.25) is 4.99 Å². The van der Waals surface area contributed by atoms with Gasteiger partial charge < -0.3 is 10.6 Å². The molecular weight excluding hydrogens is 415 g/mol. The molecular formula is C14H25IN4O2S. The van der Waals surface area contributed by atoms with Crippen LogP contribution < -0.4 is 15.8 Å². The zero-order valence-corrected chi connectivity index (χ0v) is 16.1. The van der Waals surface area contributed by atoms with Gasteiger partial charge in [0, 0.05) is 20.1 Å². The van der Waals surface area contributed by atoms with Gasteiger partial charge >= 0.3 is 0 Å². The number of rotatable bonds is 7. The second kappa shape index (κ2) is 10.8. The standard InChI is InChI=1S/C14H24N4O2S.HI/c1-3-4-5-10-17-14(16-2)18-11-12-6-8-13(9-7-12)21(15,19)20;/h6-9H,3-5,10-11H2,1-2H3,(H2,15,19,20)(H2,16,17,18);1H. The molecule has 8 heteroatoms. The minimum Gasteiger partial charge on any atom is -0.356 e. The van der Waals surface area contributed by atoms with E-state index in [2.05, 4.69) is 22.5 Å². The van der Waals surface area contributed by atoms with E-state index in [-0.39, 0.29) is 28.9 Å². The van der Waals surface area contributed by atoms with Crippen molar-refractivity contribution in [3.05, 3.63) is 29.8 Å². The quantitative estimate of drug-likeness (QED) is 0.261. The molecule has 0 heterocycles. The van der Waals surface area contributed by atoms with E-state index in [0.29, 0.717) is 6.54 Å². The van der Waals surface area contributed by atoms with Crippen LogP contribution in [0, 0.1) is 0 Å². The van der Waals surface area contributed by atoms with E-state index in [9.17, 15) is 8.42 Å².